The summed E-state index contributed by atoms with van der Waals surface area (Å²) in [6.45, 7) is 8.71. The zero-order valence-corrected chi connectivity index (χ0v) is 8.53. The van der Waals surface area contributed by atoms with Crippen molar-refractivity contribution in [1.82, 2.24) is 5.06 Å². The van der Waals surface area contributed by atoms with Crippen LogP contribution in [-0.4, -0.2) is 16.9 Å². The van der Waals surface area contributed by atoms with Crippen molar-refractivity contribution in [3.8, 4) is 0 Å². The Morgan fingerprint density at radius 3 is 2.36 bits per heavy atom. The highest BCUT2D eigenvalue weighted by Gasteiger charge is 2.30. The molecule has 1 amide bonds. The molecule has 0 spiro atoms. The predicted octanol–water partition coefficient (Wildman–Crippen LogP) is 1.40. The average molecular weight is 195 g/mol. The molecular formula is C10H13NO3. The van der Waals surface area contributed by atoms with E-state index in [1.807, 2.05) is 0 Å². The van der Waals surface area contributed by atoms with E-state index in [0.29, 0.717) is 5.70 Å². The zero-order valence-electron chi connectivity index (χ0n) is 8.53. The Bertz CT molecular complexity index is 305. The first kappa shape index (κ1) is 10.5. The van der Waals surface area contributed by atoms with Crippen molar-refractivity contribution >= 4 is 11.9 Å². The minimum atomic E-state index is -0.636. The first-order chi connectivity index (χ1) is 6.32. The van der Waals surface area contributed by atoms with E-state index in [1.165, 1.54) is 12.2 Å². The molecule has 1 aliphatic rings. The predicted molar refractivity (Wildman–Crippen MR) is 50.7 cm³/mol. The van der Waals surface area contributed by atoms with Crippen molar-refractivity contribution < 1.29 is 14.4 Å². The van der Waals surface area contributed by atoms with Crippen LogP contribution in [0.2, 0.25) is 0 Å². The first-order valence-electron chi connectivity index (χ1n) is 4.26. The van der Waals surface area contributed by atoms with Gasteiger partial charge in [-0.3, -0.25) is 4.79 Å². The Balaban J connectivity index is 2.67. The third-order valence-corrected chi connectivity index (χ3v) is 1.67. The summed E-state index contributed by atoms with van der Waals surface area (Å²) >= 11 is 0. The van der Waals surface area contributed by atoms with Gasteiger partial charge in [0.2, 0.25) is 0 Å². The summed E-state index contributed by atoms with van der Waals surface area (Å²) in [5.41, 5.74) is -0.268. The largest absolute Gasteiger partial charge is 0.338 e. The SMILES string of the molecule is C=C1C=CC(=O)N1OC(=O)C(C)(C)C. The second-order valence-electron chi connectivity index (χ2n) is 4.09. The molecule has 0 aromatic carbocycles. The lowest BCUT2D eigenvalue weighted by Crippen LogP contribution is -2.33. The molecule has 0 bridgehead atoms. The number of hydroxylamine groups is 2. The third kappa shape index (κ3) is 2.02. The van der Waals surface area contributed by atoms with E-state index in [2.05, 4.69) is 6.58 Å². The van der Waals surface area contributed by atoms with Crippen LogP contribution in [0.25, 0.3) is 0 Å². The highest BCUT2D eigenvalue weighted by molar-refractivity contribution is 5.93. The second-order valence-corrected chi connectivity index (χ2v) is 4.09. The number of allylic oxidation sites excluding steroid dienone is 1. The Morgan fingerprint density at radius 1 is 1.43 bits per heavy atom. The van der Waals surface area contributed by atoms with Crippen molar-refractivity contribution in [3.63, 3.8) is 0 Å². The molecule has 0 fully saturated rings. The number of amides is 1. The van der Waals surface area contributed by atoms with Gasteiger partial charge in [0.15, 0.2) is 0 Å². The van der Waals surface area contributed by atoms with Crippen LogP contribution in [0.1, 0.15) is 20.8 Å². The molecule has 4 heteroatoms. The standard InChI is InChI=1S/C10H13NO3/c1-7-5-6-8(12)11(7)14-9(13)10(2,3)4/h5-6H,1H2,2-4H3. The maximum Gasteiger partial charge on any atom is 0.338 e. The van der Waals surface area contributed by atoms with Crippen LogP contribution in [0.15, 0.2) is 24.4 Å². The van der Waals surface area contributed by atoms with Gasteiger partial charge >= 0.3 is 5.97 Å². The highest BCUT2D eigenvalue weighted by Crippen LogP contribution is 2.20. The van der Waals surface area contributed by atoms with Crippen molar-refractivity contribution in [3.05, 3.63) is 24.4 Å². The van der Waals surface area contributed by atoms with Gasteiger partial charge in [-0.15, -0.1) is 5.06 Å². The van der Waals surface area contributed by atoms with Gasteiger partial charge in [-0.2, -0.15) is 0 Å². The summed E-state index contributed by atoms with van der Waals surface area (Å²) in [5.74, 6) is -0.844. The van der Waals surface area contributed by atoms with Gasteiger partial charge in [0.25, 0.3) is 5.91 Å². The Morgan fingerprint density at radius 2 is 2.00 bits per heavy atom. The summed E-state index contributed by atoms with van der Waals surface area (Å²) in [5, 5.41) is 0.896. The average Bonchev–Trinajstić information content (AvgIpc) is 2.34. The fraction of sp³-hybridized carbons (Fsp3) is 0.400. The van der Waals surface area contributed by atoms with Crippen LogP contribution in [0, 0.1) is 5.41 Å². The van der Waals surface area contributed by atoms with Crippen LogP contribution in [-0.2, 0) is 14.4 Å². The van der Waals surface area contributed by atoms with Crippen molar-refractivity contribution in [2.45, 2.75) is 20.8 Å². The van der Waals surface area contributed by atoms with E-state index in [-0.39, 0.29) is 5.91 Å². The Hall–Kier alpha value is -1.58. The summed E-state index contributed by atoms with van der Waals surface area (Å²) in [6, 6.07) is 0. The van der Waals surface area contributed by atoms with Gasteiger partial charge in [0, 0.05) is 6.08 Å². The molecule has 4 nitrogen and oxygen atoms in total. The van der Waals surface area contributed by atoms with Gasteiger partial charge in [-0.05, 0) is 26.8 Å². The fourth-order valence-corrected chi connectivity index (χ4v) is 0.768. The molecule has 1 aliphatic heterocycles. The molecule has 0 radical (unpaired) electrons. The van der Waals surface area contributed by atoms with Gasteiger partial charge in [-0.25, -0.2) is 4.79 Å². The van der Waals surface area contributed by atoms with Gasteiger partial charge in [-0.1, -0.05) is 6.58 Å². The quantitative estimate of drug-likeness (QED) is 0.635. The maximum absolute atomic E-state index is 11.4. The van der Waals surface area contributed by atoms with Crippen LogP contribution < -0.4 is 0 Å². The molecule has 0 aromatic heterocycles. The molecule has 0 saturated carbocycles. The first-order valence-corrected chi connectivity index (χ1v) is 4.26. The molecule has 0 aliphatic carbocycles. The lowest BCUT2D eigenvalue weighted by molar-refractivity contribution is -0.193. The molecule has 1 rings (SSSR count). The van der Waals surface area contributed by atoms with Gasteiger partial charge < -0.3 is 4.84 Å². The van der Waals surface area contributed by atoms with E-state index in [0.717, 1.165) is 5.06 Å². The molecule has 1 heterocycles. The van der Waals surface area contributed by atoms with Crippen molar-refractivity contribution in [2.24, 2.45) is 5.41 Å². The summed E-state index contributed by atoms with van der Waals surface area (Å²) in [4.78, 5) is 27.5. The highest BCUT2D eigenvalue weighted by atomic mass is 16.7. The van der Waals surface area contributed by atoms with E-state index in [4.69, 9.17) is 4.84 Å². The number of rotatable bonds is 1. The minimum absolute atomic E-state index is 0.368. The Labute approximate surface area is 82.8 Å². The normalized spacial score (nSPS) is 16.4. The zero-order chi connectivity index (χ0) is 10.9. The molecule has 0 saturated heterocycles. The second kappa shape index (κ2) is 3.29. The van der Waals surface area contributed by atoms with Crippen LogP contribution in [0.5, 0.6) is 0 Å². The number of hydrogen-bond acceptors (Lipinski definition) is 3. The van der Waals surface area contributed by atoms with E-state index in [1.54, 1.807) is 20.8 Å². The molecule has 76 valence electrons. The Kier molecular flexibility index (Phi) is 2.47. The third-order valence-electron chi connectivity index (χ3n) is 1.67. The topological polar surface area (TPSA) is 46.6 Å². The summed E-state index contributed by atoms with van der Waals surface area (Å²) < 4.78 is 0. The minimum Gasteiger partial charge on any atom is -0.332 e. The fourth-order valence-electron chi connectivity index (χ4n) is 0.768. The van der Waals surface area contributed by atoms with E-state index >= 15 is 0 Å². The van der Waals surface area contributed by atoms with Crippen LogP contribution in [0.3, 0.4) is 0 Å². The monoisotopic (exact) mass is 195 g/mol. The molecule has 0 aromatic rings. The molecule has 0 N–H and O–H groups in total. The molecule has 0 atom stereocenters. The van der Waals surface area contributed by atoms with Crippen LogP contribution >= 0.6 is 0 Å². The molecular weight excluding hydrogens is 182 g/mol. The molecule has 0 unspecified atom stereocenters. The van der Waals surface area contributed by atoms with Crippen molar-refractivity contribution in [2.75, 3.05) is 0 Å². The van der Waals surface area contributed by atoms with Gasteiger partial charge in [0.05, 0.1) is 11.1 Å². The summed E-state index contributed by atoms with van der Waals surface area (Å²) in [7, 11) is 0. The molecule has 14 heavy (non-hydrogen) atoms. The number of carbonyl (C=O) groups is 2. The lowest BCUT2D eigenvalue weighted by atomic mass is 9.98. The van der Waals surface area contributed by atoms with E-state index in [9.17, 15) is 9.59 Å². The number of hydrogen-bond donors (Lipinski definition) is 0. The maximum atomic E-state index is 11.4. The van der Waals surface area contributed by atoms with Gasteiger partial charge in [0.1, 0.15) is 0 Å². The smallest absolute Gasteiger partial charge is 0.332 e. The lowest BCUT2D eigenvalue weighted by Gasteiger charge is -2.21. The summed E-state index contributed by atoms with van der Waals surface area (Å²) in [6.07, 6.45) is 2.80. The number of carbonyl (C=O) groups excluding carboxylic acids is 2. The van der Waals surface area contributed by atoms with Crippen LogP contribution in [0.4, 0.5) is 0 Å². The van der Waals surface area contributed by atoms with Crippen molar-refractivity contribution in [1.29, 1.82) is 0 Å². The number of nitrogens with zero attached hydrogens (tertiary/aromatic N) is 1. The van der Waals surface area contributed by atoms with E-state index < -0.39 is 11.4 Å².